The second-order valence-corrected chi connectivity index (χ2v) is 8.55. The minimum absolute atomic E-state index is 0.0682. The lowest BCUT2D eigenvalue weighted by Gasteiger charge is -2.33. The fourth-order valence-corrected chi connectivity index (χ4v) is 4.64. The number of amides is 1. The molecule has 0 saturated heterocycles. The predicted molar refractivity (Wildman–Crippen MR) is 92.9 cm³/mol. The highest BCUT2D eigenvalue weighted by atomic mass is 32.2. The molecule has 1 aliphatic carbocycles. The second kappa shape index (κ2) is 7.95. The number of aryl methyl sites for hydroxylation is 1. The van der Waals surface area contributed by atoms with Gasteiger partial charge in [0.2, 0.25) is 5.91 Å². The maximum absolute atomic E-state index is 12.5. The van der Waals surface area contributed by atoms with Gasteiger partial charge in [0, 0.05) is 12.6 Å². The van der Waals surface area contributed by atoms with Crippen LogP contribution in [0.1, 0.15) is 50.2 Å². The first-order valence-electron chi connectivity index (χ1n) is 8.46. The van der Waals surface area contributed by atoms with E-state index in [-0.39, 0.29) is 23.5 Å². The van der Waals surface area contributed by atoms with Crippen LogP contribution in [0, 0.1) is 6.92 Å². The van der Waals surface area contributed by atoms with Crippen LogP contribution in [0.5, 0.6) is 0 Å². The molecule has 1 aliphatic rings. The highest BCUT2D eigenvalue weighted by Gasteiger charge is 2.27. The van der Waals surface area contributed by atoms with Gasteiger partial charge in [-0.15, -0.1) is 0 Å². The number of benzene rings is 1. The fraction of sp³-hybridized carbons (Fsp3) is 0.611. The Balaban J connectivity index is 1.99. The molecule has 0 aromatic heterocycles. The number of hydrogen-bond donors (Lipinski definition) is 0. The molecular formula is C18H27NO3S. The first-order valence-corrected chi connectivity index (χ1v) is 10.3. The zero-order valence-electron chi connectivity index (χ0n) is 14.1. The van der Waals surface area contributed by atoms with Crippen LogP contribution in [0.2, 0.25) is 0 Å². The molecule has 0 bridgehead atoms. The van der Waals surface area contributed by atoms with E-state index in [1.165, 1.54) is 6.42 Å². The highest BCUT2D eigenvalue weighted by Crippen LogP contribution is 2.23. The van der Waals surface area contributed by atoms with Gasteiger partial charge < -0.3 is 4.90 Å². The summed E-state index contributed by atoms with van der Waals surface area (Å²) in [5.74, 6) is -0.696. The molecule has 23 heavy (non-hydrogen) atoms. The van der Waals surface area contributed by atoms with Crippen LogP contribution in [0.4, 0.5) is 0 Å². The summed E-state index contributed by atoms with van der Waals surface area (Å²) in [7, 11) is -3.43. The summed E-state index contributed by atoms with van der Waals surface area (Å²) in [6.07, 6.45) is 5.47. The van der Waals surface area contributed by atoms with Crippen molar-refractivity contribution in [3.63, 3.8) is 0 Å². The molecular weight excluding hydrogens is 310 g/mol. The van der Waals surface area contributed by atoms with E-state index in [1.54, 1.807) is 4.90 Å². The Morgan fingerprint density at radius 1 is 1.13 bits per heavy atom. The van der Waals surface area contributed by atoms with Crippen LogP contribution in [0.25, 0.3) is 0 Å². The van der Waals surface area contributed by atoms with E-state index in [4.69, 9.17) is 0 Å². The van der Waals surface area contributed by atoms with Crippen molar-refractivity contribution in [2.24, 2.45) is 0 Å². The monoisotopic (exact) mass is 337 g/mol. The Bertz CT molecular complexity index is 616. The maximum atomic E-state index is 12.5. The van der Waals surface area contributed by atoms with E-state index in [2.05, 4.69) is 0 Å². The Kier molecular flexibility index (Phi) is 6.22. The number of rotatable bonds is 6. The van der Waals surface area contributed by atoms with Crippen LogP contribution in [-0.2, 0) is 20.4 Å². The summed E-state index contributed by atoms with van der Waals surface area (Å²) in [5.41, 5.74) is 1.83. The molecule has 1 amide bonds. The molecule has 1 aromatic carbocycles. The van der Waals surface area contributed by atoms with Gasteiger partial charge in [-0.3, -0.25) is 4.79 Å². The van der Waals surface area contributed by atoms with Gasteiger partial charge in [0.15, 0.2) is 9.84 Å². The van der Waals surface area contributed by atoms with Crippen LogP contribution in [0.15, 0.2) is 24.3 Å². The molecule has 0 aliphatic heterocycles. The third-order valence-electron chi connectivity index (χ3n) is 4.53. The molecule has 128 valence electrons. The van der Waals surface area contributed by atoms with Crippen molar-refractivity contribution >= 4 is 15.7 Å². The molecule has 1 fully saturated rings. The standard InChI is InChI=1S/C18H27NO3S/c1-3-19(17-7-5-4-6-8-17)18(20)14-23(21,22)13-16-11-9-15(2)10-12-16/h9-12,17H,3-8,13-14H2,1-2H3. The number of carbonyl (C=O) groups excluding carboxylic acids is 1. The third kappa shape index (κ3) is 5.34. The third-order valence-corrected chi connectivity index (χ3v) is 5.99. The van der Waals surface area contributed by atoms with Gasteiger partial charge in [-0.1, -0.05) is 49.1 Å². The van der Waals surface area contributed by atoms with Crippen molar-refractivity contribution in [1.82, 2.24) is 4.90 Å². The molecule has 4 nitrogen and oxygen atoms in total. The fourth-order valence-electron chi connectivity index (χ4n) is 3.29. The number of carbonyl (C=O) groups is 1. The number of nitrogens with zero attached hydrogens (tertiary/aromatic N) is 1. The Morgan fingerprint density at radius 3 is 2.30 bits per heavy atom. The van der Waals surface area contributed by atoms with E-state index in [0.717, 1.165) is 36.8 Å². The van der Waals surface area contributed by atoms with Crippen molar-refractivity contribution < 1.29 is 13.2 Å². The summed E-state index contributed by atoms with van der Waals surface area (Å²) in [4.78, 5) is 14.2. The minimum atomic E-state index is -3.43. The first kappa shape index (κ1) is 18.0. The molecule has 0 N–H and O–H groups in total. The van der Waals surface area contributed by atoms with Gasteiger partial charge in [0.25, 0.3) is 0 Å². The lowest BCUT2D eigenvalue weighted by atomic mass is 9.94. The van der Waals surface area contributed by atoms with Crippen LogP contribution in [0.3, 0.4) is 0 Å². The van der Waals surface area contributed by atoms with E-state index in [0.29, 0.717) is 6.54 Å². The lowest BCUT2D eigenvalue weighted by Crippen LogP contribution is -2.44. The van der Waals surface area contributed by atoms with Crippen molar-refractivity contribution in [1.29, 1.82) is 0 Å². The first-order chi connectivity index (χ1) is 10.9. The van der Waals surface area contributed by atoms with Crippen molar-refractivity contribution in [3.8, 4) is 0 Å². The van der Waals surface area contributed by atoms with Gasteiger partial charge in [-0.2, -0.15) is 0 Å². The van der Waals surface area contributed by atoms with E-state index in [1.807, 2.05) is 38.1 Å². The quantitative estimate of drug-likeness (QED) is 0.801. The van der Waals surface area contributed by atoms with Crippen molar-refractivity contribution in [2.45, 2.75) is 57.7 Å². The largest absolute Gasteiger partial charge is 0.339 e. The number of hydrogen-bond acceptors (Lipinski definition) is 3. The van der Waals surface area contributed by atoms with Gasteiger partial charge in [-0.25, -0.2) is 8.42 Å². The molecule has 1 aromatic rings. The zero-order valence-corrected chi connectivity index (χ0v) is 14.9. The van der Waals surface area contributed by atoms with E-state index < -0.39 is 9.84 Å². The van der Waals surface area contributed by atoms with Crippen molar-refractivity contribution in [3.05, 3.63) is 35.4 Å². The summed E-state index contributed by atoms with van der Waals surface area (Å²) in [6, 6.07) is 7.64. The van der Waals surface area contributed by atoms with Crippen LogP contribution < -0.4 is 0 Å². The smallest absolute Gasteiger partial charge is 0.238 e. The van der Waals surface area contributed by atoms with Crippen LogP contribution >= 0.6 is 0 Å². The van der Waals surface area contributed by atoms with Gasteiger partial charge in [-0.05, 0) is 32.3 Å². The minimum Gasteiger partial charge on any atom is -0.339 e. The summed E-state index contributed by atoms with van der Waals surface area (Å²) in [6.45, 7) is 4.48. The summed E-state index contributed by atoms with van der Waals surface area (Å²) < 4.78 is 24.7. The van der Waals surface area contributed by atoms with E-state index >= 15 is 0 Å². The molecule has 0 spiro atoms. The Hall–Kier alpha value is -1.36. The zero-order chi connectivity index (χ0) is 16.9. The SMILES string of the molecule is CCN(C(=O)CS(=O)(=O)Cc1ccc(C)cc1)C1CCCCC1. The molecule has 0 atom stereocenters. The van der Waals surface area contributed by atoms with Gasteiger partial charge >= 0.3 is 0 Å². The number of sulfone groups is 1. The Morgan fingerprint density at radius 2 is 1.74 bits per heavy atom. The van der Waals surface area contributed by atoms with Gasteiger partial charge in [0.05, 0.1) is 5.75 Å². The average molecular weight is 337 g/mol. The predicted octanol–water partition coefficient (Wildman–Crippen LogP) is 3.09. The molecule has 0 heterocycles. The van der Waals surface area contributed by atoms with Crippen LogP contribution in [-0.4, -0.2) is 37.6 Å². The average Bonchev–Trinajstić information content (AvgIpc) is 2.50. The Labute approximate surface area is 139 Å². The van der Waals surface area contributed by atoms with Gasteiger partial charge in [0.1, 0.15) is 5.75 Å². The highest BCUT2D eigenvalue weighted by molar-refractivity contribution is 7.91. The van der Waals surface area contributed by atoms with E-state index in [9.17, 15) is 13.2 Å². The topological polar surface area (TPSA) is 54.5 Å². The molecule has 5 heteroatoms. The maximum Gasteiger partial charge on any atom is 0.238 e. The molecule has 1 saturated carbocycles. The van der Waals surface area contributed by atoms with Crippen molar-refractivity contribution in [2.75, 3.05) is 12.3 Å². The lowest BCUT2D eigenvalue weighted by molar-refractivity contribution is -0.131. The molecule has 2 rings (SSSR count). The molecule has 0 radical (unpaired) electrons. The molecule has 0 unspecified atom stereocenters. The second-order valence-electron chi connectivity index (χ2n) is 6.49. The summed E-state index contributed by atoms with van der Waals surface area (Å²) >= 11 is 0. The summed E-state index contributed by atoms with van der Waals surface area (Å²) in [5, 5.41) is 0. The normalized spacial score (nSPS) is 16.3.